The molecule has 0 fully saturated rings. The number of fused-ring (bicyclic) bond motifs is 9. The van der Waals surface area contributed by atoms with Crippen LogP contribution < -0.4 is 5.32 Å². The van der Waals surface area contributed by atoms with E-state index in [0.29, 0.717) is 0 Å². The molecular weight excluding hydrogens is 500 g/mol. The van der Waals surface area contributed by atoms with Gasteiger partial charge in [-0.2, -0.15) is 0 Å². The second-order valence-electron chi connectivity index (χ2n) is 13.5. The summed E-state index contributed by atoms with van der Waals surface area (Å²) < 4.78 is 6.31. The molecule has 0 amide bonds. The predicted octanol–water partition coefficient (Wildman–Crippen LogP) is 10.9. The molecule has 2 aromatic heterocycles. The van der Waals surface area contributed by atoms with E-state index in [1.54, 1.807) is 0 Å². The van der Waals surface area contributed by atoms with Crippen LogP contribution in [0, 0.1) is 6.92 Å². The van der Waals surface area contributed by atoms with E-state index in [9.17, 15) is 0 Å². The molecule has 4 aromatic carbocycles. The van der Waals surface area contributed by atoms with Crippen molar-refractivity contribution in [1.29, 1.82) is 0 Å². The molecule has 0 aliphatic carbocycles. The molecule has 6 aromatic rings. The van der Waals surface area contributed by atoms with Crippen LogP contribution in [0.4, 0.5) is 11.4 Å². The first kappa shape index (κ1) is 25.6. The van der Waals surface area contributed by atoms with E-state index >= 15 is 0 Å². The summed E-state index contributed by atoms with van der Waals surface area (Å²) in [4.78, 5) is 4.78. The number of hydrogen-bond acceptors (Lipinski definition) is 3. The summed E-state index contributed by atoms with van der Waals surface area (Å²) in [5, 5.41) is 6.10. The monoisotopic (exact) mass is 536 g/mol. The minimum atomic E-state index is -0.00318. The maximum Gasteiger partial charge on any atom is 0.137 e. The number of hydrogen-bond donors (Lipinski definition) is 1. The second-order valence-corrected chi connectivity index (χ2v) is 13.5. The van der Waals surface area contributed by atoms with Crippen molar-refractivity contribution in [3.63, 3.8) is 0 Å². The Kier molecular flexibility index (Phi) is 5.50. The van der Waals surface area contributed by atoms with Gasteiger partial charge in [-0.05, 0) is 82.0 Å². The summed E-state index contributed by atoms with van der Waals surface area (Å²) >= 11 is 0. The molecule has 0 saturated heterocycles. The van der Waals surface area contributed by atoms with E-state index in [1.165, 1.54) is 38.9 Å². The zero-order valence-electron chi connectivity index (χ0n) is 24.9. The highest BCUT2D eigenvalue weighted by Gasteiger charge is 2.25. The Hall–Kier alpha value is -4.37. The fraction of sp³-hybridized carbons (Fsp3) is 0.237. The van der Waals surface area contributed by atoms with Crippen molar-refractivity contribution in [2.45, 2.75) is 59.3 Å². The molecule has 1 N–H and O–H groups in total. The van der Waals surface area contributed by atoms with Crippen LogP contribution in [0.25, 0.3) is 55.4 Å². The number of pyridine rings is 1. The molecule has 3 heterocycles. The molecule has 3 nitrogen and oxygen atoms in total. The summed E-state index contributed by atoms with van der Waals surface area (Å²) in [6, 6.07) is 28.6. The number of furan rings is 1. The van der Waals surface area contributed by atoms with Crippen molar-refractivity contribution >= 4 is 33.3 Å². The third kappa shape index (κ3) is 4.23. The normalized spacial score (nSPS) is 13.0. The van der Waals surface area contributed by atoms with Crippen LogP contribution >= 0.6 is 0 Å². The van der Waals surface area contributed by atoms with Gasteiger partial charge in [0.2, 0.25) is 0 Å². The minimum Gasteiger partial charge on any atom is -0.456 e. The van der Waals surface area contributed by atoms with Crippen molar-refractivity contribution in [2.24, 2.45) is 0 Å². The fourth-order valence-electron chi connectivity index (χ4n) is 6.04. The predicted molar refractivity (Wildman–Crippen MR) is 173 cm³/mol. The summed E-state index contributed by atoms with van der Waals surface area (Å²) in [6.07, 6.45) is 1.93. The largest absolute Gasteiger partial charge is 0.456 e. The number of anilines is 2. The lowest BCUT2D eigenvalue weighted by molar-refractivity contribution is 0.589. The van der Waals surface area contributed by atoms with Gasteiger partial charge >= 0.3 is 0 Å². The Bertz CT molecular complexity index is 2000. The second kappa shape index (κ2) is 8.81. The third-order valence-electron chi connectivity index (χ3n) is 8.58. The smallest absolute Gasteiger partial charge is 0.137 e. The lowest BCUT2D eigenvalue weighted by Crippen LogP contribution is -2.13. The molecule has 41 heavy (non-hydrogen) atoms. The van der Waals surface area contributed by atoms with Crippen molar-refractivity contribution in [3.8, 4) is 33.5 Å². The van der Waals surface area contributed by atoms with Crippen LogP contribution in [0.1, 0.15) is 58.2 Å². The number of rotatable bonds is 1. The Morgan fingerprint density at radius 3 is 2.05 bits per heavy atom. The number of benzene rings is 4. The molecule has 0 radical (unpaired) electrons. The van der Waals surface area contributed by atoms with E-state index in [1.807, 2.05) is 18.3 Å². The van der Waals surface area contributed by atoms with Gasteiger partial charge in [-0.15, -0.1) is 0 Å². The molecule has 0 saturated carbocycles. The molecule has 2 bridgehead atoms. The Morgan fingerprint density at radius 2 is 1.32 bits per heavy atom. The van der Waals surface area contributed by atoms with Gasteiger partial charge in [0.05, 0.1) is 11.4 Å². The minimum absolute atomic E-state index is 0.00318. The number of aromatic nitrogens is 1. The van der Waals surface area contributed by atoms with E-state index in [4.69, 9.17) is 9.40 Å². The van der Waals surface area contributed by atoms with Gasteiger partial charge in [-0.3, -0.25) is 4.98 Å². The molecule has 3 heteroatoms. The van der Waals surface area contributed by atoms with Crippen LogP contribution in [-0.4, -0.2) is 4.98 Å². The van der Waals surface area contributed by atoms with Crippen LogP contribution in [-0.2, 0) is 10.8 Å². The number of nitrogens with one attached hydrogen (secondary N) is 1. The first-order chi connectivity index (χ1) is 19.5. The van der Waals surface area contributed by atoms with Crippen LogP contribution in [0.5, 0.6) is 0 Å². The zero-order chi connectivity index (χ0) is 28.7. The lowest BCUT2D eigenvalue weighted by atomic mass is 9.79. The van der Waals surface area contributed by atoms with Crippen molar-refractivity contribution < 1.29 is 4.42 Å². The van der Waals surface area contributed by atoms with E-state index in [0.717, 1.165) is 44.6 Å². The van der Waals surface area contributed by atoms with Gasteiger partial charge in [-0.25, -0.2) is 0 Å². The highest BCUT2D eigenvalue weighted by Crippen LogP contribution is 2.48. The van der Waals surface area contributed by atoms with Crippen molar-refractivity contribution in [1.82, 2.24) is 4.98 Å². The van der Waals surface area contributed by atoms with Crippen molar-refractivity contribution in [2.75, 3.05) is 5.32 Å². The van der Waals surface area contributed by atoms with Crippen LogP contribution in [0.2, 0.25) is 0 Å². The fourth-order valence-corrected chi connectivity index (χ4v) is 6.04. The summed E-state index contributed by atoms with van der Waals surface area (Å²) in [5.74, 6) is 0. The summed E-state index contributed by atoms with van der Waals surface area (Å²) in [5.41, 5.74) is 14.9. The van der Waals surface area contributed by atoms with Gasteiger partial charge < -0.3 is 9.73 Å². The summed E-state index contributed by atoms with van der Waals surface area (Å²) in [6.45, 7) is 15.9. The molecule has 1 aliphatic rings. The van der Waals surface area contributed by atoms with Gasteiger partial charge in [-0.1, -0.05) is 77.9 Å². The van der Waals surface area contributed by atoms with Crippen molar-refractivity contribution in [3.05, 3.63) is 102 Å². The van der Waals surface area contributed by atoms with Crippen LogP contribution in [0.15, 0.2) is 89.5 Å². The SMILES string of the molecule is Cc1c2cc(C(C)(C)C)cc1-c1cc3c(cc1Nc1ccc(-c4cc(C(C)(C)C)ccn4)cc1-2)oc1ccccc13. The van der Waals surface area contributed by atoms with Gasteiger partial charge in [0.15, 0.2) is 0 Å². The first-order valence-electron chi connectivity index (χ1n) is 14.5. The average molecular weight is 537 g/mol. The zero-order valence-corrected chi connectivity index (χ0v) is 24.9. The Balaban J connectivity index is 1.51. The van der Waals surface area contributed by atoms with E-state index < -0.39 is 0 Å². The maximum atomic E-state index is 6.31. The van der Waals surface area contributed by atoms with Gasteiger partial charge in [0, 0.05) is 45.4 Å². The molecule has 204 valence electrons. The molecule has 1 aliphatic heterocycles. The third-order valence-corrected chi connectivity index (χ3v) is 8.58. The quantitative estimate of drug-likeness (QED) is 0.227. The topological polar surface area (TPSA) is 38.1 Å². The first-order valence-corrected chi connectivity index (χ1v) is 14.5. The molecule has 0 spiro atoms. The number of nitrogens with zero attached hydrogens (tertiary/aromatic N) is 1. The highest BCUT2D eigenvalue weighted by molar-refractivity contribution is 6.09. The lowest BCUT2D eigenvalue weighted by Gasteiger charge is -2.28. The Morgan fingerprint density at radius 1 is 0.610 bits per heavy atom. The van der Waals surface area contributed by atoms with E-state index in [2.05, 4.69) is 121 Å². The summed E-state index contributed by atoms with van der Waals surface area (Å²) in [7, 11) is 0. The Labute approximate surface area is 242 Å². The maximum absolute atomic E-state index is 6.31. The average Bonchev–Trinajstić information content (AvgIpc) is 3.29. The molecule has 0 atom stereocenters. The molecule has 7 rings (SSSR count). The highest BCUT2D eigenvalue weighted by atomic mass is 16.3. The molecule has 0 unspecified atom stereocenters. The number of para-hydroxylation sites is 1. The van der Waals surface area contributed by atoms with Gasteiger partial charge in [0.25, 0.3) is 0 Å². The van der Waals surface area contributed by atoms with Gasteiger partial charge in [0.1, 0.15) is 11.2 Å². The van der Waals surface area contributed by atoms with E-state index in [-0.39, 0.29) is 10.8 Å². The standard InChI is InChI=1S/C38H36N2O/c1-22-27-17-25(38(5,6)7)18-28(22)30-20-31-26-10-8-9-11-35(26)41-36(31)21-34(30)40-32-13-12-23(16-29(27)32)33-19-24(14-15-39-33)37(2,3)4/h8-21,40H,1-7H3. The molecular formula is C38H36N2O. The van der Waals surface area contributed by atoms with Crippen LogP contribution in [0.3, 0.4) is 0 Å².